The molecule has 172 valence electrons. The normalized spacial score (nSPS) is 12.4. The Bertz CT molecular complexity index is 1210. The van der Waals surface area contributed by atoms with Crippen LogP contribution in [0.3, 0.4) is 0 Å². The fourth-order valence-corrected chi connectivity index (χ4v) is 4.09. The van der Waals surface area contributed by atoms with Crippen LogP contribution in [0.15, 0.2) is 61.3 Å². The molecule has 0 amide bonds. The molecule has 0 N–H and O–H groups in total. The molecule has 0 saturated carbocycles. The van der Waals surface area contributed by atoms with Crippen molar-refractivity contribution in [2.75, 3.05) is 32.0 Å². The van der Waals surface area contributed by atoms with Crippen molar-refractivity contribution in [2.45, 2.75) is 19.2 Å². The second-order valence-electron chi connectivity index (χ2n) is 7.89. The summed E-state index contributed by atoms with van der Waals surface area (Å²) in [6.07, 6.45) is 11.8. The number of esters is 1. The molecule has 9 heteroatoms. The third-order valence-electron chi connectivity index (χ3n) is 5.39. The maximum absolute atomic E-state index is 12.1. The van der Waals surface area contributed by atoms with Crippen molar-refractivity contribution in [1.29, 1.82) is 0 Å². The zero-order valence-electron chi connectivity index (χ0n) is 19.0. The van der Waals surface area contributed by atoms with Gasteiger partial charge in [0.25, 0.3) is 0 Å². The molecule has 0 aliphatic carbocycles. The van der Waals surface area contributed by atoms with E-state index in [0.717, 1.165) is 40.2 Å². The standard InChI is InChI=1S/C24H28N5O3S/c1-31-22(30)13-21(18-7-5-4-6-8-18)29-15-19(14-27-29)23-20-9-10-28(24(20)26-16-25-23)17-32-11-12-33(2)3/h4-10,14-16,21H,11-13,17H2,1-3H3/q+1. The molecule has 0 fully saturated rings. The molecular formula is C24H28N5O3S+. The summed E-state index contributed by atoms with van der Waals surface area (Å²) >= 11 is 0. The largest absolute Gasteiger partial charge is 0.469 e. The molecule has 0 saturated heterocycles. The monoisotopic (exact) mass is 466 g/mol. The maximum Gasteiger partial charge on any atom is 0.308 e. The van der Waals surface area contributed by atoms with Crippen molar-refractivity contribution in [1.82, 2.24) is 24.3 Å². The van der Waals surface area contributed by atoms with Crippen LogP contribution in [-0.4, -0.2) is 62.3 Å². The predicted molar refractivity (Wildman–Crippen MR) is 130 cm³/mol. The van der Waals surface area contributed by atoms with Gasteiger partial charge < -0.3 is 14.0 Å². The number of rotatable bonds is 10. The van der Waals surface area contributed by atoms with Gasteiger partial charge in [-0.25, -0.2) is 9.97 Å². The molecule has 33 heavy (non-hydrogen) atoms. The molecule has 4 rings (SSSR count). The lowest BCUT2D eigenvalue weighted by Crippen LogP contribution is -2.16. The second kappa shape index (κ2) is 10.6. The minimum atomic E-state index is -0.291. The van der Waals surface area contributed by atoms with Crippen molar-refractivity contribution < 1.29 is 14.3 Å². The van der Waals surface area contributed by atoms with E-state index in [4.69, 9.17) is 9.47 Å². The molecule has 1 atom stereocenters. The molecule has 4 aromatic rings. The minimum Gasteiger partial charge on any atom is -0.469 e. The quantitative estimate of drug-likeness (QED) is 0.203. The van der Waals surface area contributed by atoms with E-state index >= 15 is 0 Å². The highest BCUT2D eigenvalue weighted by Gasteiger charge is 2.21. The van der Waals surface area contributed by atoms with E-state index in [9.17, 15) is 4.79 Å². The van der Waals surface area contributed by atoms with Crippen LogP contribution < -0.4 is 0 Å². The van der Waals surface area contributed by atoms with Crippen molar-refractivity contribution >= 4 is 27.9 Å². The number of hydrogen-bond acceptors (Lipinski definition) is 6. The van der Waals surface area contributed by atoms with Gasteiger partial charge >= 0.3 is 5.97 Å². The lowest BCUT2D eigenvalue weighted by Gasteiger charge is -2.16. The first-order valence-electron chi connectivity index (χ1n) is 10.6. The van der Waals surface area contributed by atoms with Gasteiger partial charge in [0.1, 0.15) is 24.5 Å². The van der Waals surface area contributed by atoms with Crippen LogP contribution in [0.2, 0.25) is 0 Å². The molecule has 0 aliphatic rings. The van der Waals surface area contributed by atoms with Gasteiger partial charge in [-0.15, -0.1) is 0 Å². The second-order valence-corrected chi connectivity index (χ2v) is 10.3. The smallest absolute Gasteiger partial charge is 0.308 e. The first-order valence-corrected chi connectivity index (χ1v) is 12.9. The van der Waals surface area contributed by atoms with Crippen molar-refractivity contribution in [3.8, 4) is 11.3 Å². The molecule has 0 aliphatic heterocycles. The summed E-state index contributed by atoms with van der Waals surface area (Å²) in [5.74, 6) is 0.757. The average Bonchev–Trinajstić information content (AvgIpc) is 3.48. The van der Waals surface area contributed by atoms with Crippen LogP contribution in [0, 0.1) is 0 Å². The first-order chi connectivity index (χ1) is 16.1. The highest BCUT2D eigenvalue weighted by Crippen LogP contribution is 2.29. The fourth-order valence-electron chi connectivity index (χ4n) is 3.64. The van der Waals surface area contributed by atoms with Crippen LogP contribution in [0.5, 0.6) is 0 Å². The first kappa shape index (κ1) is 23.0. The highest BCUT2D eigenvalue weighted by molar-refractivity contribution is 7.95. The van der Waals surface area contributed by atoms with Crippen LogP contribution in [0.4, 0.5) is 0 Å². The molecule has 0 spiro atoms. The van der Waals surface area contributed by atoms with Gasteiger partial charge in [0, 0.05) is 23.3 Å². The van der Waals surface area contributed by atoms with Gasteiger partial charge in [-0.2, -0.15) is 5.10 Å². The van der Waals surface area contributed by atoms with E-state index in [1.54, 1.807) is 17.2 Å². The van der Waals surface area contributed by atoms with Crippen LogP contribution in [-0.2, 0) is 31.9 Å². The number of methoxy groups -OCH3 is 1. The zero-order chi connectivity index (χ0) is 23.2. The predicted octanol–water partition coefficient (Wildman–Crippen LogP) is 3.30. The summed E-state index contributed by atoms with van der Waals surface area (Å²) in [5.41, 5.74) is 3.44. The van der Waals surface area contributed by atoms with Gasteiger partial charge in [0.15, 0.2) is 0 Å². The number of aromatic nitrogens is 5. The lowest BCUT2D eigenvalue weighted by molar-refractivity contribution is -0.141. The van der Waals surface area contributed by atoms with Gasteiger partial charge in [-0.1, -0.05) is 30.3 Å². The molecule has 1 unspecified atom stereocenters. The molecule has 0 bridgehead atoms. The summed E-state index contributed by atoms with van der Waals surface area (Å²) in [7, 11) is 1.76. The number of ether oxygens (including phenoxy) is 2. The fraction of sp³-hybridized carbons (Fsp3) is 0.333. The summed E-state index contributed by atoms with van der Waals surface area (Å²) in [6, 6.07) is 11.5. The Hall–Kier alpha value is -3.17. The van der Waals surface area contributed by atoms with Gasteiger partial charge in [0.05, 0.1) is 50.6 Å². The highest BCUT2D eigenvalue weighted by atomic mass is 32.2. The van der Waals surface area contributed by atoms with Gasteiger partial charge in [-0.05, 0) is 22.5 Å². The Balaban J connectivity index is 1.61. The minimum absolute atomic E-state index is 0.186. The molecule has 1 aromatic carbocycles. The Morgan fingerprint density at radius 1 is 1.15 bits per heavy atom. The van der Waals surface area contributed by atoms with Crippen LogP contribution in [0.1, 0.15) is 18.0 Å². The number of carbonyl (C=O) groups is 1. The SMILES string of the molecule is COC(=O)CC(c1ccccc1)n1cc(-c2ncnc3c2ccn3COCC[S+](C)C)cn1. The third kappa shape index (κ3) is 5.43. The number of carbonyl (C=O) groups excluding carboxylic acids is 1. The zero-order valence-corrected chi connectivity index (χ0v) is 19.9. The maximum atomic E-state index is 12.1. The van der Waals surface area contributed by atoms with Crippen molar-refractivity contribution in [2.24, 2.45) is 0 Å². The Morgan fingerprint density at radius 2 is 1.97 bits per heavy atom. The van der Waals surface area contributed by atoms with Crippen molar-refractivity contribution in [3.63, 3.8) is 0 Å². The van der Waals surface area contributed by atoms with Gasteiger partial charge in [0.2, 0.25) is 0 Å². The van der Waals surface area contributed by atoms with E-state index in [-0.39, 0.29) is 18.4 Å². The third-order valence-corrected chi connectivity index (χ3v) is 6.37. The molecule has 0 radical (unpaired) electrons. The molecule has 3 aromatic heterocycles. The van der Waals surface area contributed by atoms with E-state index < -0.39 is 0 Å². The topological polar surface area (TPSA) is 84.1 Å². The Labute approximate surface area is 195 Å². The van der Waals surface area contributed by atoms with Crippen molar-refractivity contribution in [3.05, 3.63) is 66.9 Å². The number of nitrogens with zero attached hydrogens (tertiary/aromatic N) is 5. The summed E-state index contributed by atoms with van der Waals surface area (Å²) in [5, 5.41) is 5.49. The molecule has 8 nitrogen and oxygen atoms in total. The van der Waals surface area contributed by atoms with E-state index in [1.165, 1.54) is 7.11 Å². The lowest BCUT2D eigenvalue weighted by atomic mass is 10.0. The Kier molecular flexibility index (Phi) is 7.41. The number of fused-ring (bicyclic) bond motifs is 1. The summed E-state index contributed by atoms with van der Waals surface area (Å²) in [4.78, 5) is 21.1. The van der Waals surface area contributed by atoms with E-state index in [0.29, 0.717) is 17.6 Å². The van der Waals surface area contributed by atoms with E-state index in [2.05, 4.69) is 27.6 Å². The van der Waals surface area contributed by atoms with Crippen LogP contribution >= 0.6 is 0 Å². The summed E-state index contributed by atoms with van der Waals surface area (Å²) in [6.45, 7) is 1.17. The number of benzene rings is 1. The van der Waals surface area contributed by atoms with Crippen LogP contribution in [0.25, 0.3) is 22.3 Å². The van der Waals surface area contributed by atoms with E-state index in [1.807, 2.05) is 53.4 Å². The number of hydrogen-bond donors (Lipinski definition) is 0. The molecular weight excluding hydrogens is 438 g/mol. The summed E-state index contributed by atoms with van der Waals surface area (Å²) < 4.78 is 14.5. The average molecular weight is 467 g/mol. The molecule has 3 heterocycles. The Morgan fingerprint density at radius 3 is 2.73 bits per heavy atom. The van der Waals surface area contributed by atoms with Gasteiger partial charge in [-0.3, -0.25) is 9.48 Å².